The molecular formula is C20H23BrN6. The van der Waals surface area contributed by atoms with Crippen LogP contribution in [0.2, 0.25) is 0 Å². The molecule has 0 aliphatic heterocycles. The summed E-state index contributed by atoms with van der Waals surface area (Å²) in [6.45, 7) is 0. The van der Waals surface area contributed by atoms with Crippen LogP contribution in [0.25, 0.3) is 0 Å². The summed E-state index contributed by atoms with van der Waals surface area (Å²) in [5.41, 5.74) is 1.82. The normalized spacial score (nSPS) is 15.7. The zero-order chi connectivity index (χ0) is 19.3. The van der Waals surface area contributed by atoms with E-state index in [4.69, 9.17) is 10.5 Å². The van der Waals surface area contributed by atoms with E-state index in [0.717, 1.165) is 29.4 Å². The van der Waals surface area contributed by atoms with Crippen molar-refractivity contribution in [2.75, 3.05) is 5.33 Å². The molecular weight excluding hydrogens is 404 g/mol. The zero-order valence-electron chi connectivity index (χ0n) is 15.2. The Morgan fingerprint density at radius 3 is 1.89 bits per heavy atom. The summed E-state index contributed by atoms with van der Waals surface area (Å²) in [6.07, 6.45) is 16.5. The van der Waals surface area contributed by atoms with Crippen molar-refractivity contribution in [2.24, 2.45) is 11.8 Å². The molecule has 2 heterocycles. The summed E-state index contributed by atoms with van der Waals surface area (Å²) in [6, 6.07) is 4.31. The fourth-order valence-corrected chi connectivity index (χ4v) is 2.87. The molecule has 140 valence electrons. The summed E-state index contributed by atoms with van der Waals surface area (Å²) in [5, 5.41) is 18.4. The number of nitriles is 2. The summed E-state index contributed by atoms with van der Waals surface area (Å²) in [5.74, 6) is 1.81. The first-order chi connectivity index (χ1) is 13.3. The lowest BCUT2D eigenvalue weighted by Gasteiger charge is -2.05. The van der Waals surface area contributed by atoms with Crippen molar-refractivity contribution in [3.8, 4) is 12.1 Å². The molecule has 0 spiro atoms. The minimum atomic E-state index is -0.00583. The van der Waals surface area contributed by atoms with Crippen LogP contribution in [0.1, 0.15) is 49.1 Å². The van der Waals surface area contributed by atoms with E-state index in [1.807, 2.05) is 6.07 Å². The van der Waals surface area contributed by atoms with Crippen molar-refractivity contribution in [1.29, 1.82) is 10.5 Å². The number of hydrogen-bond donors (Lipinski definition) is 0. The molecule has 4 rings (SSSR count). The average Bonchev–Trinajstić information content (AvgIpc) is 3.64. The van der Waals surface area contributed by atoms with Gasteiger partial charge in [-0.25, -0.2) is 19.9 Å². The van der Waals surface area contributed by atoms with Crippen LogP contribution in [0.3, 0.4) is 0 Å². The van der Waals surface area contributed by atoms with Crippen molar-refractivity contribution in [3.63, 3.8) is 0 Å². The van der Waals surface area contributed by atoms with E-state index >= 15 is 0 Å². The molecule has 27 heavy (non-hydrogen) atoms. The Kier molecular flexibility index (Phi) is 9.37. The van der Waals surface area contributed by atoms with E-state index in [9.17, 15) is 0 Å². The maximum absolute atomic E-state index is 8.95. The summed E-state index contributed by atoms with van der Waals surface area (Å²) < 4.78 is 0. The van der Waals surface area contributed by atoms with E-state index < -0.39 is 0 Å². The quantitative estimate of drug-likeness (QED) is 0.663. The monoisotopic (exact) mass is 426 g/mol. The highest BCUT2D eigenvalue weighted by molar-refractivity contribution is 9.09. The third-order valence-electron chi connectivity index (χ3n) is 4.22. The Labute approximate surface area is 168 Å². The Bertz CT molecular complexity index is 733. The standard InChI is InChI=1S/C10H11N3.C6H5N3.C4H7Br/c11-4-9(3-8-1-2-8)10-5-12-7-13-6-10;7-2-1-6-3-8-5-9-4-6;5-3-4-1-2-4/h5-9H,1-3H2;3-5H,1H2;4H,1-3H2. The van der Waals surface area contributed by atoms with Crippen LogP contribution in [0, 0.1) is 34.5 Å². The largest absolute Gasteiger partial charge is 0.245 e. The van der Waals surface area contributed by atoms with Gasteiger partial charge < -0.3 is 0 Å². The molecule has 0 amide bonds. The number of hydrogen-bond acceptors (Lipinski definition) is 6. The van der Waals surface area contributed by atoms with Crippen LogP contribution in [0.4, 0.5) is 0 Å². The highest BCUT2D eigenvalue weighted by Crippen LogP contribution is 2.38. The number of alkyl halides is 1. The second-order valence-corrected chi connectivity index (χ2v) is 7.36. The third-order valence-corrected chi connectivity index (χ3v) is 5.13. The van der Waals surface area contributed by atoms with E-state index in [1.165, 1.54) is 43.7 Å². The van der Waals surface area contributed by atoms with Gasteiger partial charge in [0.15, 0.2) is 0 Å². The zero-order valence-corrected chi connectivity index (χ0v) is 16.8. The molecule has 2 aliphatic carbocycles. The molecule has 2 aliphatic rings. The molecule has 1 atom stereocenters. The van der Waals surface area contributed by atoms with Crippen LogP contribution in [0.15, 0.2) is 37.4 Å². The van der Waals surface area contributed by atoms with Crippen LogP contribution < -0.4 is 0 Å². The molecule has 0 radical (unpaired) electrons. The van der Waals surface area contributed by atoms with Gasteiger partial charge in [-0.2, -0.15) is 10.5 Å². The highest BCUT2D eigenvalue weighted by atomic mass is 79.9. The van der Waals surface area contributed by atoms with E-state index in [1.54, 1.807) is 24.8 Å². The van der Waals surface area contributed by atoms with E-state index in [2.05, 4.69) is 41.9 Å². The molecule has 2 fully saturated rings. The molecule has 2 aromatic heterocycles. The van der Waals surface area contributed by atoms with Crippen LogP contribution in [0.5, 0.6) is 0 Å². The predicted molar refractivity (Wildman–Crippen MR) is 106 cm³/mol. The van der Waals surface area contributed by atoms with Gasteiger partial charge in [-0.3, -0.25) is 0 Å². The van der Waals surface area contributed by atoms with Crippen molar-refractivity contribution < 1.29 is 0 Å². The molecule has 2 saturated carbocycles. The average molecular weight is 427 g/mol. The van der Waals surface area contributed by atoms with Gasteiger partial charge in [0.2, 0.25) is 0 Å². The lowest BCUT2D eigenvalue weighted by Crippen LogP contribution is -1.98. The smallest absolute Gasteiger partial charge is 0.115 e. The van der Waals surface area contributed by atoms with Crippen LogP contribution in [-0.2, 0) is 6.42 Å². The fourth-order valence-electron chi connectivity index (χ4n) is 2.23. The Morgan fingerprint density at radius 2 is 1.48 bits per heavy atom. The highest BCUT2D eigenvalue weighted by Gasteiger charge is 2.26. The molecule has 1 unspecified atom stereocenters. The van der Waals surface area contributed by atoms with E-state index in [0.29, 0.717) is 6.42 Å². The minimum absolute atomic E-state index is 0.00583. The summed E-state index contributed by atoms with van der Waals surface area (Å²) in [4.78, 5) is 15.3. The van der Waals surface area contributed by atoms with Gasteiger partial charge in [-0.15, -0.1) is 0 Å². The van der Waals surface area contributed by atoms with Gasteiger partial charge >= 0.3 is 0 Å². The lowest BCUT2D eigenvalue weighted by atomic mass is 9.98. The Morgan fingerprint density at radius 1 is 0.926 bits per heavy atom. The number of aromatic nitrogens is 4. The molecule has 7 heteroatoms. The maximum Gasteiger partial charge on any atom is 0.115 e. The van der Waals surface area contributed by atoms with Crippen molar-refractivity contribution in [2.45, 2.75) is 44.4 Å². The van der Waals surface area contributed by atoms with Gasteiger partial charge in [-0.1, -0.05) is 28.8 Å². The molecule has 2 aromatic rings. The number of halogens is 1. The van der Waals surface area contributed by atoms with Crippen LogP contribution >= 0.6 is 15.9 Å². The molecule has 0 saturated heterocycles. The molecule has 0 bridgehead atoms. The van der Waals surface area contributed by atoms with Gasteiger partial charge in [-0.05, 0) is 31.1 Å². The summed E-state index contributed by atoms with van der Waals surface area (Å²) in [7, 11) is 0. The minimum Gasteiger partial charge on any atom is -0.245 e. The molecule has 6 nitrogen and oxygen atoms in total. The molecule has 0 aromatic carbocycles. The topological polar surface area (TPSA) is 99.1 Å². The Hall–Kier alpha value is -2.38. The second-order valence-electron chi connectivity index (χ2n) is 6.71. The first kappa shape index (κ1) is 20.9. The second kappa shape index (κ2) is 12.1. The van der Waals surface area contributed by atoms with Crippen molar-refractivity contribution >= 4 is 15.9 Å². The van der Waals surface area contributed by atoms with Gasteiger partial charge in [0.1, 0.15) is 12.7 Å². The van der Waals surface area contributed by atoms with Crippen LogP contribution in [-0.4, -0.2) is 25.3 Å². The first-order valence-electron chi connectivity index (χ1n) is 9.08. The Balaban J connectivity index is 0.000000161. The van der Waals surface area contributed by atoms with Gasteiger partial charge in [0, 0.05) is 41.2 Å². The number of rotatable bonds is 5. The SMILES string of the molecule is BrCC1CC1.N#CC(CC1CC1)c1cncnc1.N#CCc1cncnc1. The van der Waals surface area contributed by atoms with Crippen molar-refractivity contribution in [1.82, 2.24) is 19.9 Å². The van der Waals surface area contributed by atoms with E-state index in [-0.39, 0.29) is 5.92 Å². The lowest BCUT2D eigenvalue weighted by molar-refractivity contribution is 0.667. The fraction of sp³-hybridized carbons (Fsp3) is 0.500. The first-order valence-corrected chi connectivity index (χ1v) is 10.2. The predicted octanol–water partition coefficient (Wildman–Crippen LogP) is 4.22. The maximum atomic E-state index is 8.95. The third kappa shape index (κ3) is 9.21. The van der Waals surface area contributed by atoms with Gasteiger partial charge in [0.05, 0.1) is 24.5 Å². The van der Waals surface area contributed by atoms with Crippen molar-refractivity contribution in [3.05, 3.63) is 48.6 Å². The summed E-state index contributed by atoms with van der Waals surface area (Å²) >= 11 is 3.38. The number of nitrogens with zero attached hydrogens (tertiary/aromatic N) is 6. The molecule has 0 N–H and O–H groups in total. The van der Waals surface area contributed by atoms with Gasteiger partial charge in [0.25, 0.3) is 0 Å².